The number of hydrogen-bond acceptors (Lipinski definition) is 5. The van der Waals surface area contributed by atoms with Crippen LogP contribution in [0.15, 0.2) is 18.2 Å². The maximum atomic E-state index is 11.2. The maximum absolute atomic E-state index is 11.2. The first kappa shape index (κ1) is 12.8. The summed E-state index contributed by atoms with van der Waals surface area (Å²) in [5.74, 6) is -1.12. The molecule has 1 aromatic carbocycles. The lowest BCUT2D eigenvalue weighted by Crippen LogP contribution is -2.13. The van der Waals surface area contributed by atoms with Gasteiger partial charge in [0, 0.05) is 6.07 Å². The highest BCUT2D eigenvalue weighted by Gasteiger charge is 2.13. The van der Waals surface area contributed by atoms with Gasteiger partial charge in [0.05, 0.1) is 14.2 Å². The van der Waals surface area contributed by atoms with Crippen molar-refractivity contribution in [1.29, 1.82) is 0 Å². The second kappa shape index (κ2) is 5.74. The molecule has 0 atom stereocenters. The summed E-state index contributed by atoms with van der Waals surface area (Å²) in [6, 6.07) is 4.58. The van der Waals surface area contributed by atoms with E-state index in [0.717, 1.165) is 0 Å². The molecule has 0 aromatic heterocycles. The molecule has 92 valence electrons. The molecule has 6 nitrogen and oxygen atoms in total. The quantitative estimate of drug-likeness (QED) is 0.471. The van der Waals surface area contributed by atoms with Crippen LogP contribution in [-0.4, -0.2) is 31.3 Å². The standard InChI is InChI=1S/C11H12O6/c1-15-7-3-4-8(9(5-7)16-2)17-11(14)6-10(12)13/h3-5H,6H2,1-2H3,(H,12,13). The smallest absolute Gasteiger partial charge is 0.322 e. The number of benzene rings is 1. The zero-order chi connectivity index (χ0) is 12.8. The van der Waals surface area contributed by atoms with E-state index in [1.54, 1.807) is 6.07 Å². The summed E-state index contributed by atoms with van der Waals surface area (Å²) in [5, 5.41) is 8.42. The molecule has 0 amide bonds. The van der Waals surface area contributed by atoms with Gasteiger partial charge in [-0.2, -0.15) is 0 Å². The minimum absolute atomic E-state index is 0.152. The first-order chi connectivity index (χ1) is 8.06. The molecule has 6 heteroatoms. The van der Waals surface area contributed by atoms with Crippen LogP contribution >= 0.6 is 0 Å². The summed E-state index contributed by atoms with van der Waals surface area (Å²) in [5.41, 5.74) is 0. The van der Waals surface area contributed by atoms with Crippen LogP contribution in [-0.2, 0) is 9.59 Å². The number of carboxylic acid groups (broad SMARTS) is 1. The summed E-state index contributed by atoms with van der Waals surface area (Å²) in [6.45, 7) is 0. The normalized spacial score (nSPS) is 9.53. The van der Waals surface area contributed by atoms with Gasteiger partial charge in [-0.25, -0.2) is 0 Å². The number of aliphatic carboxylic acids is 1. The van der Waals surface area contributed by atoms with Crippen molar-refractivity contribution in [3.05, 3.63) is 18.2 Å². The van der Waals surface area contributed by atoms with Crippen molar-refractivity contribution < 1.29 is 28.9 Å². The summed E-state index contributed by atoms with van der Waals surface area (Å²) in [4.78, 5) is 21.5. The fourth-order valence-corrected chi connectivity index (χ4v) is 1.14. The van der Waals surface area contributed by atoms with Gasteiger partial charge in [-0.3, -0.25) is 9.59 Å². The van der Waals surface area contributed by atoms with E-state index in [9.17, 15) is 9.59 Å². The number of hydrogen-bond donors (Lipinski definition) is 1. The van der Waals surface area contributed by atoms with Crippen molar-refractivity contribution in [3.8, 4) is 17.2 Å². The third-order valence-electron chi connectivity index (χ3n) is 1.89. The molecule has 1 N–H and O–H groups in total. The number of carboxylic acids is 1. The molecular weight excluding hydrogens is 228 g/mol. The molecule has 0 aliphatic rings. The Bertz CT molecular complexity index is 426. The van der Waals surface area contributed by atoms with Gasteiger partial charge in [0.2, 0.25) is 0 Å². The highest BCUT2D eigenvalue weighted by atomic mass is 16.6. The summed E-state index contributed by atoms with van der Waals surface area (Å²) >= 11 is 0. The highest BCUT2D eigenvalue weighted by Crippen LogP contribution is 2.31. The first-order valence-corrected chi connectivity index (χ1v) is 4.71. The summed E-state index contributed by atoms with van der Waals surface area (Å²) < 4.78 is 14.8. The Labute approximate surface area is 97.7 Å². The maximum Gasteiger partial charge on any atom is 0.322 e. The van der Waals surface area contributed by atoms with Gasteiger partial charge in [0.15, 0.2) is 11.5 Å². The van der Waals surface area contributed by atoms with Crippen molar-refractivity contribution in [3.63, 3.8) is 0 Å². The molecule has 0 saturated heterocycles. The van der Waals surface area contributed by atoms with Gasteiger partial charge >= 0.3 is 11.9 Å². The van der Waals surface area contributed by atoms with Gasteiger partial charge in [-0.1, -0.05) is 0 Å². The zero-order valence-electron chi connectivity index (χ0n) is 9.43. The van der Waals surface area contributed by atoms with Crippen LogP contribution in [0.5, 0.6) is 17.2 Å². The molecule has 0 unspecified atom stereocenters. The predicted molar refractivity (Wildman–Crippen MR) is 57.4 cm³/mol. The van der Waals surface area contributed by atoms with Crippen LogP contribution in [0, 0.1) is 0 Å². The number of carbonyl (C=O) groups is 2. The largest absolute Gasteiger partial charge is 0.497 e. The second-order valence-corrected chi connectivity index (χ2v) is 3.06. The molecule has 0 aliphatic carbocycles. The highest BCUT2D eigenvalue weighted by molar-refractivity contribution is 5.91. The lowest BCUT2D eigenvalue weighted by molar-refractivity contribution is -0.145. The number of esters is 1. The molecule has 0 aliphatic heterocycles. The Balaban J connectivity index is 2.83. The van der Waals surface area contributed by atoms with Crippen LogP contribution in [0.1, 0.15) is 6.42 Å². The third-order valence-corrected chi connectivity index (χ3v) is 1.89. The van der Waals surface area contributed by atoms with E-state index in [-0.39, 0.29) is 5.75 Å². The molecule has 0 fully saturated rings. The van der Waals surface area contributed by atoms with Crippen LogP contribution in [0.2, 0.25) is 0 Å². The topological polar surface area (TPSA) is 82.1 Å². The molecule has 0 spiro atoms. The van der Waals surface area contributed by atoms with Gasteiger partial charge in [0.25, 0.3) is 0 Å². The summed E-state index contributed by atoms with van der Waals surface area (Å²) in [6.07, 6.45) is -0.699. The lowest BCUT2D eigenvalue weighted by atomic mass is 10.3. The van der Waals surface area contributed by atoms with Crippen LogP contribution in [0.3, 0.4) is 0 Å². The molecule has 1 aromatic rings. The third kappa shape index (κ3) is 3.67. The molecule has 0 saturated carbocycles. The van der Waals surface area contributed by atoms with E-state index in [4.69, 9.17) is 19.3 Å². The summed E-state index contributed by atoms with van der Waals surface area (Å²) in [7, 11) is 2.90. The number of carbonyl (C=O) groups excluding carboxylic acids is 1. The fourth-order valence-electron chi connectivity index (χ4n) is 1.14. The van der Waals surface area contributed by atoms with Crippen molar-refractivity contribution in [2.75, 3.05) is 14.2 Å². The van der Waals surface area contributed by atoms with Crippen molar-refractivity contribution >= 4 is 11.9 Å². The first-order valence-electron chi connectivity index (χ1n) is 4.71. The number of ether oxygens (including phenoxy) is 3. The Morgan fingerprint density at radius 1 is 1.18 bits per heavy atom. The number of methoxy groups -OCH3 is 2. The van der Waals surface area contributed by atoms with Crippen molar-refractivity contribution in [2.24, 2.45) is 0 Å². The Morgan fingerprint density at radius 2 is 1.88 bits per heavy atom. The molecule has 0 heterocycles. The van der Waals surface area contributed by atoms with Crippen molar-refractivity contribution in [2.45, 2.75) is 6.42 Å². The minimum atomic E-state index is -1.25. The van der Waals surface area contributed by atoms with E-state index in [1.165, 1.54) is 26.4 Å². The Hall–Kier alpha value is -2.24. The second-order valence-electron chi connectivity index (χ2n) is 3.06. The van der Waals surface area contributed by atoms with Crippen LogP contribution in [0.4, 0.5) is 0 Å². The van der Waals surface area contributed by atoms with Crippen LogP contribution in [0.25, 0.3) is 0 Å². The van der Waals surface area contributed by atoms with Gasteiger partial charge in [-0.15, -0.1) is 0 Å². The molecule has 17 heavy (non-hydrogen) atoms. The average molecular weight is 240 g/mol. The van der Waals surface area contributed by atoms with Gasteiger partial charge < -0.3 is 19.3 Å². The molecule has 0 bridgehead atoms. The molecular formula is C11H12O6. The lowest BCUT2D eigenvalue weighted by Gasteiger charge is -2.09. The minimum Gasteiger partial charge on any atom is -0.497 e. The van der Waals surface area contributed by atoms with E-state index in [0.29, 0.717) is 11.5 Å². The SMILES string of the molecule is COc1ccc(OC(=O)CC(=O)O)c(OC)c1. The monoisotopic (exact) mass is 240 g/mol. The van der Waals surface area contributed by atoms with Crippen LogP contribution < -0.4 is 14.2 Å². The molecule has 0 radical (unpaired) electrons. The fraction of sp³-hybridized carbons (Fsp3) is 0.273. The van der Waals surface area contributed by atoms with Gasteiger partial charge in [0.1, 0.15) is 12.2 Å². The van der Waals surface area contributed by atoms with E-state index < -0.39 is 18.4 Å². The average Bonchev–Trinajstić information content (AvgIpc) is 2.28. The van der Waals surface area contributed by atoms with Gasteiger partial charge in [-0.05, 0) is 12.1 Å². The van der Waals surface area contributed by atoms with Crippen molar-refractivity contribution in [1.82, 2.24) is 0 Å². The predicted octanol–water partition coefficient (Wildman–Crippen LogP) is 1.08. The van der Waals surface area contributed by atoms with E-state index in [2.05, 4.69) is 0 Å². The number of rotatable bonds is 5. The van der Waals surface area contributed by atoms with E-state index >= 15 is 0 Å². The Kier molecular flexibility index (Phi) is 4.33. The van der Waals surface area contributed by atoms with E-state index in [1.807, 2.05) is 0 Å². The molecule has 1 rings (SSSR count). The Morgan fingerprint density at radius 3 is 2.41 bits per heavy atom. The zero-order valence-corrected chi connectivity index (χ0v) is 9.43.